The number of aromatic nitrogens is 2. The minimum Gasteiger partial charge on any atom is -0.392 e. The molecule has 0 amide bonds. The Morgan fingerprint density at radius 3 is 2.82 bits per heavy atom. The molecule has 4 heterocycles. The number of hydrogen-bond donors (Lipinski definition) is 1. The summed E-state index contributed by atoms with van der Waals surface area (Å²) in [6.07, 6.45) is 6.60. The van der Waals surface area contributed by atoms with Gasteiger partial charge in [-0.2, -0.15) is 18.3 Å². The highest BCUT2D eigenvalue weighted by atomic mass is 32.1. The number of rotatable bonds is 6. The van der Waals surface area contributed by atoms with E-state index in [0.717, 1.165) is 36.9 Å². The molecule has 33 heavy (non-hydrogen) atoms. The molecule has 182 valence electrons. The number of hydrogen-bond acceptors (Lipinski definition) is 5. The van der Waals surface area contributed by atoms with Crippen LogP contribution in [0, 0.1) is 5.92 Å². The first-order chi connectivity index (χ1) is 15.8. The summed E-state index contributed by atoms with van der Waals surface area (Å²) in [6, 6.07) is 0.164. The van der Waals surface area contributed by atoms with Gasteiger partial charge in [0.2, 0.25) is 0 Å². The number of aliphatic hydroxyl groups is 1. The van der Waals surface area contributed by atoms with Crippen LogP contribution in [-0.4, -0.2) is 39.0 Å². The van der Waals surface area contributed by atoms with Gasteiger partial charge in [-0.25, -0.2) is 0 Å². The van der Waals surface area contributed by atoms with Gasteiger partial charge in [-0.05, 0) is 44.1 Å². The molecule has 2 aromatic heterocycles. The molecule has 5 nitrogen and oxygen atoms in total. The zero-order valence-corrected chi connectivity index (χ0v) is 19.9. The van der Waals surface area contributed by atoms with Crippen molar-refractivity contribution in [1.29, 1.82) is 0 Å². The lowest BCUT2D eigenvalue weighted by Gasteiger charge is -2.47. The number of likely N-dealkylation sites (tertiary alicyclic amines) is 1. The zero-order valence-electron chi connectivity index (χ0n) is 19.0. The molecule has 1 spiro atoms. The van der Waals surface area contributed by atoms with Crippen molar-refractivity contribution in [2.75, 3.05) is 13.2 Å². The number of aryl methyl sites for hydroxylation is 1. The van der Waals surface area contributed by atoms with Crippen molar-refractivity contribution < 1.29 is 23.0 Å². The van der Waals surface area contributed by atoms with Crippen molar-refractivity contribution in [1.82, 2.24) is 14.7 Å². The minimum absolute atomic E-state index is 0.0505. The summed E-state index contributed by atoms with van der Waals surface area (Å²) in [5.74, 6) is 0.859. The highest BCUT2D eigenvalue weighted by Gasteiger charge is 2.48. The summed E-state index contributed by atoms with van der Waals surface area (Å²) in [6.45, 7) is 4.45. The number of alkyl halides is 3. The lowest BCUT2D eigenvalue weighted by Crippen LogP contribution is -2.50. The van der Waals surface area contributed by atoms with Crippen LogP contribution in [0.5, 0.6) is 0 Å². The van der Waals surface area contributed by atoms with E-state index in [4.69, 9.17) is 4.74 Å². The number of nitrogens with zero attached hydrogens (tertiary/aromatic N) is 3. The second kappa shape index (κ2) is 8.98. The maximum Gasteiger partial charge on any atom is 0.425 e. The quantitative estimate of drug-likeness (QED) is 0.621. The van der Waals surface area contributed by atoms with Crippen LogP contribution in [0.15, 0.2) is 12.4 Å². The van der Waals surface area contributed by atoms with E-state index in [1.165, 1.54) is 31.2 Å². The van der Waals surface area contributed by atoms with E-state index in [2.05, 4.69) is 23.1 Å². The number of ether oxygens (including phenoxy) is 1. The average molecular weight is 484 g/mol. The normalized spacial score (nSPS) is 26.5. The minimum atomic E-state index is -4.45. The van der Waals surface area contributed by atoms with Crippen molar-refractivity contribution in [3.05, 3.63) is 38.8 Å². The topological polar surface area (TPSA) is 50.5 Å². The van der Waals surface area contributed by atoms with E-state index in [0.29, 0.717) is 36.3 Å². The zero-order chi connectivity index (χ0) is 23.2. The number of thiophene rings is 1. The van der Waals surface area contributed by atoms with E-state index < -0.39 is 23.3 Å². The van der Waals surface area contributed by atoms with Gasteiger partial charge in [-0.3, -0.25) is 9.58 Å². The van der Waals surface area contributed by atoms with Gasteiger partial charge in [0, 0.05) is 47.9 Å². The van der Waals surface area contributed by atoms with Crippen molar-refractivity contribution in [3.8, 4) is 0 Å². The molecule has 9 heteroatoms. The number of fused-ring (bicyclic) bond motifs is 2. The molecule has 2 aliphatic heterocycles. The van der Waals surface area contributed by atoms with Gasteiger partial charge in [0.25, 0.3) is 0 Å². The molecule has 0 unspecified atom stereocenters. The van der Waals surface area contributed by atoms with E-state index in [1.807, 2.05) is 10.9 Å². The Morgan fingerprint density at radius 2 is 2.15 bits per heavy atom. The molecule has 1 saturated carbocycles. The lowest BCUT2D eigenvalue weighted by atomic mass is 9.81. The Bertz CT molecular complexity index is 984. The Balaban J connectivity index is 1.28. The molecule has 1 aliphatic carbocycles. The van der Waals surface area contributed by atoms with Gasteiger partial charge >= 0.3 is 6.18 Å². The maximum atomic E-state index is 13.6. The summed E-state index contributed by atoms with van der Waals surface area (Å²) in [5.41, 5.74) is 1.20. The van der Waals surface area contributed by atoms with E-state index in [1.54, 1.807) is 0 Å². The monoisotopic (exact) mass is 483 g/mol. The molecule has 2 aromatic rings. The van der Waals surface area contributed by atoms with Crippen LogP contribution in [0.25, 0.3) is 0 Å². The van der Waals surface area contributed by atoms with Gasteiger partial charge in [-0.15, -0.1) is 11.3 Å². The largest absolute Gasteiger partial charge is 0.425 e. The number of halogens is 3. The van der Waals surface area contributed by atoms with Crippen LogP contribution in [0.3, 0.4) is 0 Å². The fourth-order valence-corrected chi connectivity index (χ4v) is 7.12. The third-order valence-electron chi connectivity index (χ3n) is 7.79. The van der Waals surface area contributed by atoms with Crippen molar-refractivity contribution >= 4 is 11.3 Å². The van der Waals surface area contributed by atoms with E-state index >= 15 is 0 Å². The fourth-order valence-electron chi connectivity index (χ4n) is 5.71. The third-order valence-corrected chi connectivity index (χ3v) is 9.30. The molecule has 2 atom stereocenters. The van der Waals surface area contributed by atoms with Crippen LogP contribution in [-0.2, 0) is 42.6 Å². The SMILES string of the molecule is C[C@H]1C[C@@]2(CCN1Cc1cnn(CCC3CCC3)c1)OCCc1c2sc(C(F)(F)F)c1CO. The Hall–Kier alpha value is -1.42. The van der Waals surface area contributed by atoms with Gasteiger partial charge in [-0.1, -0.05) is 19.3 Å². The Labute approximate surface area is 196 Å². The highest BCUT2D eigenvalue weighted by Crippen LogP contribution is 2.51. The third kappa shape index (κ3) is 4.49. The predicted molar refractivity (Wildman–Crippen MR) is 120 cm³/mol. The second-order valence-corrected chi connectivity index (χ2v) is 11.0. The average Bonchev–Trinajstić information content (AvgIpc) is 3.34. The lowest BCUT2D eigenvalue weighted by molar-refractivity contribution is -0.135. The van der Waals surface area contributed by atoms with Gasteiger partial charge in [0.1, 0.15) is 10.5 Å². The first kappa shape index (κ1) is 23.3. The number of piperidine rings is 1. The predicted octanol–water partition coefficient (Wildman–Crippen LogP) is 5.10. The molecule has 1 N–H and O–H groups in total. The standard InChI is InChI=1S/C24H32F3N3O2S/c1-16-11-23(21-19(6-10-32-23)20(15-31)22(33-21)24(25,26)27)7-9-29(16)13-18-12-28-30(14-18)8-5-17-3-2-4-17/h12,14,16-17,31H,2-11,13,15H2,1H3/t16-,23+/m0/s1. The summed E-state index contributed by atoms with van der Waals surface area (Å²) in [7, 11) is 0. The van der Waals surface area contributed by atoms with Crippen LogP contribution in [0.1, 0.15) is 71.9 Å². The Kier molecular flexibility index (Phi) is 6.35. The molecule has 3 aliphatic rings. The molecule has 0 bridgehead atoms. The van der Waals surface area contributed by atoms with Crippen molar-refractivity contribution in [2.24, 2.45) is 5.92 Å². The van der Waals surface area contributed by atoms with Gasteiger partial charge < -0.3 is 9.84 Å². The second-order valence-electron chi connectivity index (χ2n) is 9.94. The first-order valence-electron chi connectivity index (χ1n) is 12.0. The summed E-state index contributed by atoms with van der Waals surface area (Å²) in [4.78, 5) is 2.39. The fraction of sp³-hybridized carbons (Fsp3) is 0.708. The van der Waals surface area contributed by atoms with Gasteiger partial charge in [0.05, 0.1) is 19.4 Å². The summed E-state index contributed by atoms with van der Waals surface area (Å²) >= 11 is 0.782. The molecule has 0 radical (unpaired) electrons. The number of aliphatic hydroxyl groups excluding tert-OH is 1. The molecule has 5 rings (SSSR count). The summed E-state index contributed by atoms with van der Waals surface area (Å²) < 4.78 is 49.1. The molecular weight excluding hydrogens is 451 g/mol. The van der Waals surface area contributed by atoms with Gasteiger partial charge in [0.15, 0.2) is 0 Å². The van der Waals surface area contributed by atoms with Crippen LogP contribution < -0.4 is 0 Å². The van der Waals surface area contributed by atoms with Crippen LogP contribution in [0.2, 0.25) is 0 Å². The molecule has 2 fully saturated rings. The molecule has 0 aromatic carbocycles. The first-order valence-corrected chi connectivity index (χ1v) is 12.8. The smallest absolute Gasteiger partial charge is 0.392 e. The van der Waals surface area contributed by atoms with Crippen LogP contribution >= 0.6 is 11.3 Å². The Morgan fingerprint density at radius 1 is 1.33 bits per heavy atom. The maximum absolute atomic E-state index is 13.6. The molecule has 1 saturated heterocycles. The van der Waals surface area contributed by atoms with Crippen molar-refractivity contribution in [3.63, 3.8) is 0 Å². The van der Waals surface area contributed by atoms with Crippen LogP contribution in [0.4, 0.5) is 13.2 Å². The molecular formula is C24H32F3N3O2S. The van der Waals surface area contributed by atoms with E-state index in [-0.39, 0.29) is 11.6 Å². The highest BCUT2D eigenvalue weighted by molar-refractivity contribution is 7.12. The van der Waals surface area contributed by atoms with E-state index in [9.17, 15) is 18.3 Å². The summed E-state index contributed by atoms with van der Waals surface area (Å²) in [5, 5.41) is 14.2. The van der Waals surface area contributed by atoms with Crippen molar-refractivity contribution in [2.45, 2.75) is 89.4 Å².